The van der Waals surface area contributed by atoms with Crippen LogP contribution in [0.1, 0.15) is 43.7 Å². The number of aryl methyl sites for hydroxylation is 1. The van der Waals surface area contributed by atoms with E-state index in [4.69, 9.17) is 71.9 Å². The molecule has 0 radical (unpaired) electrons. The molecule has 104 heavy (non-hydrogen) atoms. The number of nitrogens with zero attached hydrogens (tertiary/aromatic N) is 19. The quantitative estimate of drug-likeness (QED) is 0.0988. The Bertz CT molecular complexity index is 5930. The number of pyridine rings is 12. The average molecular weight is 1450 g/mol. The maximum atomic E-state index is 11.6. The van der Waals surface area contributed by atoms with Gasteiger partial charge in [0.1, 0.15) is 37.7 Å². The number of amides is 1. The topological polar surface area (TPSA) is 246 Å². The Morgan fingerprint density at radius 2 is 0.760 bits per heavy atom. The molecule has 0 aliphatic carbocycles. The predicted molar refractivity (Wildman–Crippen MR) is 408 cm³/mol. The van der Waals surface area contributed by atoms with Crippen molar-refractivity contribution < 1.29 is 9.59 Å². The van der Waals surface area contributed by atoms with E-state index in [-0.39, 0.29) is 20.6 Å². The number of primary amides is 1. The van der Waals surface area contributed by atoms with Gasteiger partial charge in [-0.3, -0.25) is 33.9 Å². The van der Waals surface area contributed by atoms with Gasteiger partial charge in [0.25, 0.3) is 23.4 Å². The normalized spacial score (nSPS) is 10.4. The zero-order chi connectivity index (χ0) is 71.2. The fourth-order valence-corrected chi connectivity index (χ4v) is 11.4. The molecule has 16 aromatic rings. The van der Waals surface area contributed by atoms with Gasteiger partial charge in [0.05, 0.1) is 77.5 Å². The van der Waals surface area contributed by atoms with Crippen LogP contribution in [0.3, 0.4) is 0 Å². The van der Waals surface area contributed by atoms with E-state index in [1.54, 1.807) is 86.1 Å². The highest BCUT2D eigenvalue weighted by molar-refractivity contribution is 6.32. The molecule has 0 saturated heterocycles. The predicted octanol–water partition coefficient (Wildman–Crippen LogP) is 18.9. The third kappa shape index (κ3) is 16.9. The summed E-state index contributed by atoms with van der Waals surface area (Å²) in [7, 11) is 0. The molecule has 0 aromatic carbocycles. The summed E-state index contributed by atoms with van der Waals surface area (Å²) >= 11 is 23.6. The second-order valence-electron chi connectivity index (χ2n) is 22.0. The van der Waals surface area contributed by atoms with E-state index in [0.29, 0.717) is 78.6 Å². The van der Waals surface area contributed by atoms with E-state index >= 15 is 0 Å². The number of carbonyl (C=O) groups is 2. The van der Waals surface area contributed by atoms with Crippen molar-refractivity contribution in [2.24, 2.45) is 5.73 Å². The summed E-state index contributed by atoms with van der Waals surface area (Å²) in [4.78, 5) is 84.9. The highest BCUT2D eigenvalue weighted by Gasteiger charge is 2.18. The summed E-state index contributed by atoms with van der Waals surface area (Å²) in [6.07, 6.45) is 20.7. The van der Waals surface area contributed by atoms with Crippen molar-refractivity contribution >= 4 is 98.1 Å². The van der Waals surface area contributed by atoms with Gasteiger partial charge in [-0.05, 0) is 123 Å². The highest BCUT2D eigenvalue weighted by Crippen LogP contribution is 2.35. The number of halogens is 4. The van der Waals surface area contributed by atoms with Gasteiger partial charge in [-0.1, -0.05) is 123 Å². The summed E-state index contributed by atoms with van der Waals surface area (Å²) in [5, 5.41) is 1.82. The van der Waals surface area contributed by atoms with Gasteiger partial charge < -0.3 is 20.3 Å². The van der Waals surface area contributed by atoms with Crippen molar-refractivity contribution in [3.63, 3.8) is 0 Å². The molecule has 0 saturated carbocycles. The number of aromatic nitrogens is 16. The van der Waals surface area contributed by atoms with E-state index in [0.717, 1.165) is 84.2 Å². The standard InChI is InChI=1S/C21H15N5O.C18H12ClN5O.C18H10ClN5.C13H7ClN4.C6H6ClN.2CH4/c1-14(27)11-16-5-3-7-18(25-16)21-17(6-4-10-23-21)15-8-9-19-24-12-20(22-2)26(19)13-15;19-15-5-1-4-13(23-15)17-12(3-2-8-21-17)11-6-7-16-22-9-14(18(20)25)24(16)10-11;1-20-17-10-22-16-8-7-12(11-24(16)17)13-4-3-9-21-18(13)14-5-2-6-15(19)23-14;1-15-12-7-17-11-5-4-9(8-18(11)12)10-3-2-6-16-13(10)14;1-5-3-2-4-6(7)8-5;;/h3-10,12-13H,11H2,1H3;1-10H,(H2,20,25);2-11H;2-8H;2-4H,1H3;2*1H4. The van der Waals surface area contributed by atoms with Gasteiger partial charge in [-0.15, -0.1) is 0 Å². The van der Waals surface area contributed by atoms with Crippen LogP contribution in [0.5, 0.6) is 0 Å². The van der Waals surface area contributed by atoms with Crippen LogP contribution >= 0.6 is 46.4 Å². The maximum Gasteiger partial charge on any atom is 0.267 e. The molecule has 2 N–H and O–H groups in total. The largest absolute Gasteiger partial charge is 0.364 e. The number of ketones is 1. The molecule has 26 heteroatoms. The van der Waals surface area contributed by atoms with Crippen LogP contribution < -0.4 is 5.73 Å². The number of carbonyl (C=O) groups excluding carboxylic acids is 2. The molecule has 0 atom stereocenters. The number of nitrogens with two attached hydrogens (primary N) is 1. The number of hydrogen-bond acceptors (Lipinski definition) is 14. The Hall–Kier alpha value is -13.3. The minimum absolute atomic E-state index is 0. The number of imidazole rings is 4. The van der Waals surface area contributed by atoms with Crippen LogP contribution in [0.15, 0.2) is 244 Å². The third-order valence-electron chi connectivity index (χ3n) is 15.2. The Labute approximate surface area is 617 Å². The molecule has 16 aromatic heterocycles. The van der Waals surface area contributed by atoms with E-state index in [9.17, 15) is 9.59 Å². The molecule has 16 heterocycles. The first-order valence-corrected chi connectivity index (χ1v) is 32.2. The molecular weight excluding hydrogens is 1390 g/mol. The number of fused-ring (bicyclic) bond motifs is 4. The average Bonchev–Trinajstić information content (AvgIpc) is 1.34. The fourth-order valence-electron chi connectivity index (χ4n) is 10.6. The van der Waals surface area contributed by atoms with Crippen molar-refractivity contribution in [2.75, 3.05) is 0 Å². The molecular formula is C78H58Cl4N20O2. The zero-order valence-electron chi connectivity index (χ0n) is 53.7. The lowest BCUT2D eigenvalue weighted by atomic mass is 10.0. The zero-order valence-corrected chi connectivity index (χ0v) is 56.7. The molecule has 0 spiro atoms. The van der Waals surface area contributed by atoms with Gasteiger partial charge in [0, 0.05) is 111 Å². The second-order valence-corrected chi connectivity index (χ2v) is 23.5. The first kappa shape index (κ1) is 73.4. The molecule has 0 fully saturated rings. The molecule has 0 bridgehead atoms. The molecule has 0 aliphatic heterocycles. The van der Waals surface area contributed by atoms with Crippen LogP contribution in [-0.2, 0) is 11.2 Å². The second kappa shape index (κ2) is 33.7. The summed E-state index contributed by atoms with van der Waals surface area (Å²) < 4.78 is 6.94. The highest BCUT2D eigenvalue weighted by atomic mass is 35.5. The number of hydrogen-bond donors (Lipinski definition) is 1. The summed E-state index contributed by atoms with van der Waals surface area (Å²) in [5.41, 5.74) is 21.6. The van der Waals surface area contributed by atoms with Crippen molar-refractivity contribution in [3.8, 4) is 78.7 Å². The van der Waals surface area contributed by atoms with Crippen molar-refractivity contribution in [3.05, 3.63) is 316 Å². The molecule has 0 unspecified atom stereocenters. The smallest absolute Gasteiger partial charge is 0.267 e. The van der Waals surface area contributed by atoms with Crippen LogP contribution in [-0.4, -0.2) is 89.1 Å². The van der Waals surface area contributed by atoms with Gasteiger partial charge in [-0.25, -0.2) is 53.1 Å². The fraction of sp³-hybridized carbons (Fsp3) is 0.0641. The summed E-state index contributed by atoms with van der Waals surface area (Å²) in [6.45, 7) is 25.1. The Balaban J connectivity index is 0.000000144. The first-order chi connectivity index (χ1) is 49.6. The Kier molecular flexibility index (Phi) is 23.8. The molecule has 16 rings (SSSR count). The first-order valence-electron chi connectivity index (χ1n) is 30.7. The van der Waals surface area contributed by atoms with Crippen LogP contribution in [0.2, 0.25) is 20.6 Å². The van der Waals surface area contributed by atoms with Gasteiger partial charge in [-0.2, -0.15) is 0 Å². The van der Waals surface area contributed by atoms with Gasteiger partial charge in [0.2, 0.25) is 16.9 Å². The van der Waals surface area contributed by atoms with Gasteiger partial charge in [0.15, 0.2) is 0 Å². The lowest BCUT2D eigenvalue weighted by Crippen LogP contribution is -2.13. The van der Waals surface area contributed by atoms with Crippen molar-refractivity contribution in [2.45, 2.75) is 35.1 Å². The minimum Gasteiger partial charge on any atom is -0.364 e. The SMILES string of the molecule is C.C.Cc1cccc(Cl)n1.NC(=O)c1cnc2ccc(-c3cccnc3-c3cccc(Cl)n3)cn12.[C-]#[N+]c1cnc2ccc(-c3cccnc3-c3cccc(CC(C)=O)n3)cn12.[C-]#[N+]c1cnc2ccc(-c3cccnc3-c3cccc(Cl)n3)cn12.[C-]#[N+]c1cnc2ccc(-c3cccnc3Cl)cn12. The van der Waals surface area contributed by atoms with Crippen molar-refractivity contribution in [1.29, 1.82) is 0 Å². The molecule has 510 valence electrons. The van der Waals surface area contributed by atoms with E-state index < -0.39 is 5.91 Å². The van der Waals surface area contributed by atoms with Crippen molar-refractivity contribution in [1.82, 2.24) is 77.4 Å². The maximum absolute atomic E-state index is 11.6. The number of Topliss-reactive ketones (excluding diaryl/α,β-unsaturated/α-hetero) is 1. The minimum atomic E-state index is -0.535. The molecule has 0 aliphatic rings. The summed E-state index contributed by atoms with van der Waals surface area (Å²) in [6, 6.07) is 52.4. The van der Waals surface area contributed by atoms with Crippen LogP contribution in [0, 0.1) is 26.6 Å². The lowest BCUT2D eigenvalue weighted by molar-refractivity contribution is -0.116. The van der Waals surface area contributed by atoms with Crippen LogP contribution in [0.25, 0.3) is 116 Å². The summed E-state index contributed by atoms with van der Waals surface area (Å²) in [5.74, 6) is 0.939. The molecule has 22 nitrogen and oxygen atoms in total. The lowest BCUT2D eigenvalue weighted by Gasteiger charge is -2.09. The van der Waals surface area contributed by atoms with E-state index in [1.165, 1.54) is 6.20 Å². The Morgan fingerprint density at radius 3 is 1.13 bits per heavy atom. The third-order valence-corrected chi connectivity index (χ3v) is 16.2. The number of rotatable bonds is 10. The van der Waals surface area contributed by atoms with E-state index in [2.05, 4.69) is 74.3 Å². The molecule has 1 amide bonds. The van der Waals surface area contributed by atoms with Crippen LogP contribution in [0.4, 0.5) is 17.5 Å². The Morgan fingerprint density at radius 1 is 0.404 bits per heavy atom. The monoisotopic (exact) mass is 1450 g/mol. The van der Waals surface area contributed by atoms with E-state index in [1.807, 2.05) is 183 Å². The van der Waals surface area contributed by atoms with Gasteiger partial charge >= 0.3 is 0 Å².